The predicted molar refractivity (Wildman–Crippen MR) is 69.1 cm³/mol. The minimum Gasteiger partial charge on any atom is -0.480 e. The fourth-order valence-corrected chi connectivity index (χ4v) is 1.97. The summed E-state index contributed by atoms with van der Waals surface area (Å²) in [5.74, 6) is -1.67. The maximum atomic E-state index is 13.3. The summed E-state index contributed by atoms with van der Waals surface area (Å²) in [6.45, 7) is -0.532. The molecule has 106 valence electrons. The van der Waals surface area contributed by atoms with Gasteiger partial charge in [0.25, 0.3) is 11.3 Å². The normalized spacial score (nSPS) is 10.9. The van der Waals surface area contributed by atoms with Crippen LogP contribution in [-0.4, -0.2) is 25.8 Å². The molecule has 2 aromatic heterocycles. The van der Waals surface area contributed by atoms with Gasteiger partial charge in [-0.1, -0.05) is 17.3 Å². The van der Waals surface area contributed by atoms with Gasteiger partial charge in [-0.3, -0.25) is 14.2 Å². The standard InChI is InChI=1S/C13H8FN3O4/c14-8-3-1-2-7(4-8)11-10-12(21-16-11)15-6-17(13(10)20)5-9(18)19/h1-4,6H,5H2,(H,18,19). The van der Waals surface area contributed by atoms with Crippen molar-refractivity contribution in [2.45, 2.75) is 6.54 Å². The highest BCUT2D eigenvalue weighted by molar-refractivity contribution is 5.88. The van der Waals surface area contributed by atoms with Crippen LogP contribution in [0.25, 0.3) is 22.4 Å². The lowest BCUT2D eigenvalue weighted by atomic mass is 10.1. The molecule has 3 aromatic rings. The highest BCUT2D eigenvalue weighted by atomic mass is 19.1. The minimum atomic E-state index is -1.18. The van der Waals surface area contributed by atoms with Crippen molar-refractivity contribution in [3.63, 3.8) is 0 Å². The monoisotopic (exact) mass is 289 g/mol. The fraction of sp³-hybridized carbons (Fsp3) is 0.0769. The third-order valence-electron chi connectivity index (χ3n) is 2.87. The number of benzene rings is 1. The number of hydrogen-bond acceptors (Lipinski definition) is 5. The van der Waals surface area contributed by atoms with E-state index in [2.05, 4.69) is 10.1 Å². The Morgan fingerprint density at radius 2 is 2.24 bits per heavy atom. The van der Waals surface area contributed by atoms with Crippen molar-refractivity contribution in [1.82, 2.24) is 14.7 Å². The SMILES string of the molecule is O=C(O)Cn1cnc2onc(-c3cccc(F)c3)c2c1=O. The van der Waals surface area contributed by atoms with Crippen molar-refractivity contribution < 1.29 is 18.8 Å². The average Bonchev–Trinajstić information content (AvgIpc) is 2.86. The molecule has 2 heterocycles. The first-order valence-electron chi connectivity index (χ1n) is 5.89. The number of nitrogens with zero attached hydrogens (tertiary/aromatic N) is 3. The van der Waals surface area contributed by atoms with Crippen molar-refractivity contribution in [3.05, 3.63) is 46.8 Å². The molecule has 1 aromatic carbocycles. The highest BCUT2D eigenvalue weighted by Gasteiger charge is 2.17. The largest absolute Gasteiger partial charge is 0.480 e. The van der Waals surface area contributed by atoms with Crippen LogP contribution in [0.5, 0.6) is 0 Å². The van der Waals surface area contributed by atoms with Crippen LogP contribution >= 0.6 is 0 Å². The van der Waals surface area contributed by atoms with Gasteiger partial charge in [-0.15, -0.1) is 0 Å². The predicted octanol–water partition coefficient (Wildman–Crippen LogP) is 1.28. The summed E-state index contributed by atoms with van der Waals surface area (Å²) in [6, 6.07) is 5.49. The molecule has 0 saturated carbocycles. The average molecular weight is 289 g/mol. The van der Waals surface area contributed by atoms with Gasteiger partial charge in [0.05, 0.1) is 0 Å². The number of aliphatic carboxylic acids is 1. The van der Waals surface area contributed by atoms with E-state index in [1.54, 1.807) is 6.07 Å². The topological polar surface area (TPSA) is 98.2 Å². The Kier molecular flexibility index (Phi) is 2.98. The molecule has 0 amide bonds. The maximum Gasteiger partial charge on any atom is 0.323 e. The lowest BCUT2D eigenvalue weighted by Crippen LogP contribution is -2.24. The smallest absolute Gasteiger partial charge is 0.323 e. The van der Waals surface area contributed by atoms with E-state index in [0.29, 0.717) is 5.56 Å². The highest BCUT2D eigenvalue weighted by Crippen LogP contribution is 2.24. The van der Waals surface area contributed by atoms with Crippen molar-refractivity contribution in [3.8, 4) is 11.3 Å². The van der Waals surface area contributed by atoms with Crippen LogP contribution in [0.15, 0.2) is 39.9 Å². The number of halogens is 1. The molecule has 21 heavy (non-hydrogen) atoms. The molecule has 1 N–H and O–H groups in total. The van der Waals surface area contributed by atoms with E-state index in [1.165, 1.54) is 18.2 Å². The summed E-state index contributed by atoms with van der Waals surface area (Å²) >= 11 is 0. The molecule has 0 aliphatic carbocycles. The van der Waals surface area contributed by atoms with Gasteiger partial charge in [0.1, 0.15) is 29.8 Å². The Balaban J connectivity index is 2.25. The molecule has 8 heteroatoms. The Morgan fingerprint density at radius 1 is 1.43 bits per heavy atom. The number of carboxylic acid groups (broad SMARTS) is 1. The van der Waals surface area contributed by atoms with E-state index in [9.17, 15) is 14.0 Å². The van der Waals surface area contributed by atoms with E-state index in [4.69, 9.17) is 9.63 Å². The first kappa shape index (κ1) is 13.0. The Bertz CT molecular complexity index is 900. The number of hydrogen-bond donors (Lipinski definition) is 1. The molecule has 0 atom stereocenters. The lowest BCUT2D eigenvalue weighted by molar-refractivity contribution is -0.137. The van der Waals surface area contributed by atoms with Crippen molar-refractivity contribution in [2.75, 3.05) is 0 Å². The zero-order chi connectivity index (χ0) is 15.0. The van der Waals surface area contributed by atoms with Crippen LogP contribution in [-0.2, 0) is 11.3 Å². The molecule has 7 nitrogen and oxygen atoms in total. The minimum absolute atomic E-state index is 0.0179. The molecule has 0 radical (unpaired) electrons. The second-order valence-corrected chi connectivity index (χ2v) is 4.29. The van der Waals surface area contributed by atoms with Gasteiger partial charge in [0, 0.05) is 5.56 Å². The van der Waals surface area contributed by atoms with Crippen molar-refractivity contribution in [2.24, 2.45) is 0 Å². The maximum absolute atomic E-state index is 13.3. The van der Waals surface area contributed by atoms with Gasteiger partial charge in [-0.2, -0.15) is 0 Å². The summed E-state index contributed by atoms with van der Waals surface area (Å²) in [5, 5.41) is 12.5. The van der Waals surface area contributed by atoms with Crippen molar-refractivity contribution in [1.29, 1.82) is 0 Å². The molecular weight excluding hydrogens is 281 g/mol. The second kappa shape index (κ2) is 4.82. The van der Waals surface area contributed by atoms with E-state index >= 15 is 0 Å². The summed E-state index contributed by atoms with van der Waals surface area (Å²) in [6.07, 6.45) is 1.07. The molecule has 0 aliphatic rings. The number of rotatable bonds is 3. The first-order valence-corrected chi connectivity index (χ1v) is 5.89. The van der Waals surface area contributed by atoms with Crippen LogP contribution in [0.2, 0.25) is 0 Å². The zero-order valence-electron chi connectivity index (χ0n) is 10.5. The summed E-state index contributed by atoms with van der Waals surface area (Å²) in [7, 11) is 0. The molecule has 0 aliphatic heterocycles. The van der Waals surface area contributed by atoms with E-state index < -0.39 is 23.9 Å². The van der Waals surface area contributed by atoms with E-state index in [0.717, 1.165) is 10.9 Å². The van der Waals surface area contributed by atoms with Crippen molar-refractivity contribution >= 4 is 17.1 Å². The molecule has 0 bridgehead atoms. The molecule has 3 rings (SSSR count). The fourth-order valence-electron chi connectivity index (χ4n) is 1.97. The van der Waals surface area contributed by atoms with Gasteiger partial charge in [0.15, 0.2) is 0 Å². The summed E-state index contributed by atoms with van der Waals surface area (Å²) in [4.78, 5) is 26.8. The molecule has 0 fully saturated rings. The number of aromatic nitrogens is 3. The van der Waals surface area contributed by atoms with Crippen LogP contribution in [0.4, 0.5) is 4.39 Å². The summed E-state index contributed by atoms with van der Waals surface area (Å²) < 4.78 is 19.1. The zero-order valence-corrected chi connectivity index (χ0v) is 10.5. The molecule has 0 unspecified atom stereocenters. The van der Waals surface area contributed by atoms with E-state index in [-0.39, 0.29) is 16.8 Å². The third-order valence-corrected chi connectivity index (χ3v) is 2.87. The molecule has 0 saturated heterocycles. The van der Waals surface area contributed by atoms with Crippen LogP contribution in [0, 0.1) is 5.82 Å². The summed E-state index contributed by atoms with van der Waals surface area (Å²) in [5.41, 5.74) is -0.161. The first-order chi connectivity index (χ1) is 10.1. The number of carbonyl (C=O) groups is 1. The van der Waals surface area contributed by atoms with Crippen LogP contribution in [0.3, 0.4) is 0 Å². The van der Waals surface area contributed by atoms with Gasteiger partial charge in [0.2, 0.25) is 0 Å². The number of fused-ring (bicyclic) bond motifs is 1. The van der Waals surface area contributed by atoms with Crippen LogP contribution < -0.4 is 5.56 Å². The van der Waals surface area contributed by atoms with Gasteiger partial charge in [-0.25, -0.2) is 9.37 Å². The molecular formula is C13H8FN3O4. The van der Waals surface area contributed by atoms with Gasteiger partial charge >= 0.3 is 5.97 Å². The molecule has 0 spiro atoms. The Hall–Kier alpha value is -3.03. The lowest BCUT2D eigenvalue weighted by Gasteiger charge is -2.01. The quantitative estimate of drug-likeness (QED) is 0.779. The van der Waals surface area contributed by atoms with Gasteiger partial charge < -0.3 is 9.63 Å². The van der Waals surface area contributed by atoms with E-state index in [1.807, 2.05) is 0 Å². The second-order valence-electron chi connectivity index (χ2n) is 4.29. The van der Waals surface area contributed by atoms with Crippen LogP contribution in [0.1, 0.15) is 0 Å². The Morgan fingerprint density at radius 3 is 2.95 bits per heavy atom. The van der Waals surface area contributed by atoms with Gasteiger partial charge in [-0.05, 0) is 12.1 Å². The Labute approximate surface area is 116 Å². The third kappa shape index (κ3) is 2.27. The number of carboxylic acids is 1.